The number of aromatic nitrogens is 2. The van der Waals surface area contributed by atoms with Crippen molar-refractivity contribution in [2.45, 2.75) is 0 Å². The molecule has 0 atom stereocenters. The predicted octanol–water partition coefficient (Wildman–Crippen LogP) is 5.41. The van der Waals surface area contributed by atoms with E-state index in [-0.39, 0.29) is 0 Å². The first-order valence-electron chi connectivity index (χ1n) is 7.67. The Kier molecular flexibility index (Phi) is 3.49. The smallest absolute Gasteiger partial charge is 0.0716 e. The molecule has 0 saturated carbocycles. The lowest BCUT2D eigenvalue weighted by Gasteiger charge is -2.09. The van der Waals surface area contributed by atoms with E-state index < -0.39 is 0 Å². The highest BCUT2D eigenvalue weighted by molar-refractivity contribution is 5.75. The SMILES string of the molecule is c1ccc(-c2cc(-c3ccc[nH]3)cc(-c3ccccc3)n2)cc1. The van der Waals surface area contributed by atoms with Crippen LogP contribution in [0.4, 0.5) is 0 Å². The molecule has 2 aromatic heterocycles. The Morgan fingerprint density at radius 1 is 0.565 bits per heavy atom. The first-order chi connectivity index (χ1) is 11.4. The van der Waals surface area contributed by atoms with Gasteiger partial charge >= 0.3 is 0 Å². The van der Waals surface area contributed by atoms with Crippen LogP contribution in [0.3, 0.4) is 0 Å². The maximum atomic E-state index is 4.87. The Labute approximate surface area is 135 Å². The molecule has 0 radical (unpaired) electrons. The monoisotopic (exact) mass is 296 g/mol. The van der Waals surface area contributed by atoms with Crippen LogP contribution in [0.1, 0.15) is 0 Å². The lowest BCUT2D eigenvalue weighted by atomic mass is 10.0. The number of pyridine rings is 1. The van der Waals surface area contributed by atoms with Crippen LogP contribution in [-0.2, 0) is 0 Å². The minimum absolute atomic E-state index is 0.983. The summed E-state index contributed by atoms with van der Waals surface area (Å²) in [6.45, 7) is 0. The Hall–Kier alpha value is -3.13. The molecule has 0 amide bonds. The van der Waals surface area contributed by atoms with E-state index >= 15 is 0 Å². The summed E-state index contributed by atoms with van der Waals surface area (Å²) in [5.74, 6) is 0. The zero-order chi connectivity index (χ0) is 15.5. The van der Waals surface area contributed by atoms with Gasteiger partial charge in [0, 0.05) is 28.6 Å². The molecule has 2 heterocycles. The van der Waals surface area contributed by atoms with E-state index in [4.69, 9.17) is 4.98 Å². The summed E-state index contributed by atoms with van der Waals surface area (Å²) < 4.78 is 0. The van der Waals surface area contributed by atoms with Crippen molar-refractivity contribution in [3.8, 4) is 33.8 Å². The average molecular weight is 296 g/mol. The average Bonchev–Trinajstić information content (AvgIpc) is 3.18. The Bertz CT molecular complexity index is 838. The van der Waals surface area contributed by atoms with Gasteiger partial charge < -0.3 is 4.98 Å². The van der Waals surface area contributed by atoms with Gasteiger partial charge in [0.05, 0.1) is 11.4 Å². The molecule has 0 aliphatic carbocycles. The molecule has 0 spiro atoms. The van der Waals surface area contributed by atoms with E-state index in [1.165, 1.54) is 0 Å². The van der Waals surface area contributed by atoms with Gasteiger partial charge in [0.1, 0.15) is 0 Å². The normalized spacial score (nSPS) is 10.6. The molecule has 23 heavy (non-hydrogen) atoms. The lowest BCUT2D eigenvalue weighted by molar-refractivity contribution is 1.31. The highest BCUT2D eigenvalue weighted by atomic mass is 14.7. The first-order valence-corrected chi connectivity index (χ1v) is 7.67. The minimum atomic E-state index is 0.983. The zero-order valence-corrected chi connectivity index (χ0v) is 12.6. The molecule has 1 N–H and O–H groups in total. The molecular weight excluding hydrogens is 280 g/mol. The third kappa shape index (κ3) is 2.79. The fourth-order valence-corrected chi connectivity index (χ4v) is 2.71. The second kappa shape index (κ2) is 5.93. The van der Waals surface area contributed by atoms with Crippen molar-refractivity contribution in [1.82, 2.24) is 9.97 Å². The first kappa shape index (κ1) is 13.5. The standard InChI is InChI=1S/C21H16N2/c1-3-8-16(9-4-1)20-14-18(19-12-7-13-22-19)15-21(23-20)17-10-5-2-6-11-17/h1-15,22H. The zero-order valence-electron chi connectivity index (χ0n) is 12.6. The van der Waals surface area contributed by atoms with Crippen LogP contribution in [0.5, 0.6) is 0 Å². The van der Waals surface area contributed by atoms with Gasteiger partial charge in [-0.05, 0) is 24.3 Å². The van der Waals surface area contributed by atoms with Crippen molar-refractivity contribution in [3.63, 3.8) is 0 Å². The van der Waals surface area contributed by atoms with Crippen LogP contribution < -0.4 is 0 Å². The number of H-pyrrole nitrogens is 1. The summed E-state index contributed by atoms with van der Waals surface area (Å²) in [6.07, 6.45) is 1.94. The van der Waals surface area contributed by atoms with Crippen LogP contribution >= 0.6 is 0 Å². The molecule has 0 bridgehead atoms. The molecule has 4 aromatic rings. The van der Waals surface area contributed by atoms with Gasteiger partial charge in [-0.25, -0.2) is 4.98 Å². The van der Waals surface area contributed by atoms with Crippen molar-refractivity contribution < 1.29 is 0 Å². The van der Waals surface area contributed by atoms with Gasteiger partial charge in [-0.1, -0.05) is 60.7 Å². The highest BCUT2D eigenvalue weighted by Crippen LogP contribution is 2.29. The Morgan fingerprint density at radius 3 is 1.61 bits per heavy atom. The number of rotatable bonds is 3. The van der Waals surface area contributed by atoms with Crippen LogP contribution in [0.2, 0.25) is 0 Å². The van der Waals surface area contributed by atoms with Crippen molar-refractivity contribution in [3.05, 3.63) is 91.1 Å². The molecule has 0 unspecified atom stereocenters. The second-order valence-corrected chi connectivity index (χ2v) is 5.44. The molecular formula is C21H16N2. The maximum Gasteiger partial charge on any atom is 0.0716 e. The quantitative estimate of drug-likeness (QED) is 0.538. The van der Waals surface area contributed by atoms with E-state index in [0.717, 1.165) is 33.8 Å². The summed E-state index contributed by atoms with van der Waals surface area (Å²) in [5.41, 5.74) is 6.45. The van der Waals surface area contributed by atoms with Crippen LogP contribution in [0.25, 0.3) is 33.8 Å². The number of nitrogens with zero attached hydrogens (tertiary/aromatic N) is 1. The second-order valence-electron chi connectivity index (χ2n) is 5.44. The van der Waals surface area contributed by atoms with Crippen molar-refractivity contribution >= 4 is 0 Å². The number of benzene rings is 2. The van der Waals surface area contributed by atoms with Gasteiger partial charge in [0.25, 0.3) is 0 Å². The third-order valence-electron chi connectivity index (χ3n) is 3.87. The summed E-state index contributed by atoms with van der Waals surface area (Å²) >= 11 is 0. The summed E-state index contributed by atoms with van der Waals surface area (Å²) in [7, 11) is 0. The Balaban J connectivity index is 1.91. The minimum Gasteiger partial charge on any atom is -0.361 e. The van der Waals surface area contributed by atoms with Gasteiger partial charge in [0.15, 0.2) is 0 Å². The largest absolute Gasteiger partial charge is 0.361 e. The summed E-state index contributed by atoms with van der Waals surface area (Å²) in [6, 6.07) is 28.9. The molecule has 0 aliphatic rings. The van der Waals surface area contributed by atoms with Crippen molar-refractivity contribution in [2.24, 2.45) is 0 Å². The van der Waals surface area contributed by atoms with E-state index in [9.17, 15) is 0 Å². The number of aromatic amines is 1. The summed E-state index contributed by atoms with van der Waals surface area (Å²) in [5, 5.41) is 0. The molecule has 0 fully saturated rings. The topological polar surface area (TPSA) is 28.7 Å². The van der Waals surface area contributed by atoms with Crippen LogP contribution in [0.15, 0.2) is 91.1 Å². The molecule has 2 nitrogen and oxygen atoms in total. The molecule has 2 heteroatoms. The van der Waals surface area contributed by atoms with E-state index in [0.29, 0.717) is 0 Å². The fourth-order valence-electron chi connectivity index (χ4n) is 2.71. The van der Waals surface area contributed by atoms with Crippen LogP contribution in [0, 0.1) is 0 Å². The van der Waals surface area contributed by atoms with Gasteiger partial charge in [-0.15, -0.1) is 0 Å². The molecule has 0 saturated heterocycles. The molecule has 110 valence electrons. The molecule has 4 rings (SSSR count). The summed E-state index contributed by atoms with van der Waals surface area (Å²) in [4.78, 5) is 8.15. The van der Waals surface area contributed by atoms with E-state index in [2.05, 4.69) is 47.4 Å². The van der Waals surface area contributed by atoms with E-state index in [1.54, 1.807) is 0 Å². The number of hydrogen-bond donors (Lipinski definition) is 1. The molecule has 2 aromatic carbocycles. The fraction of sp³-hybridized carbons (Fsp3) is 0. The lowest BCUT2D eigenvalue weighted by Crippen LogP contribution is -1.91. The van der Waals surface area contributed by atoms with Crippen molar-refractivity contribution in [1.29, 1.82) is 0 Å². The number of hydrogen-bond acceptors (Lipinski definition) is 1. The van der Waals surface area contributed by atoms with Gasteiger partial charge in [-0.3, -0.25) is 0 Å². The van der Waals surface area contributed by atoms with Crippen LogP contribution in [-0.4, -0.2) is 9.97 Å². The third-order valence-corrected chi connectivity index (χ3v) is 3.87. The van der Waals surface area contributed by atoms with E-state index in [1.807, 2.05) is 48.7 Å². The Morgan fingerprint density at radius 2 is 1.13 bits per heavy atom. The maximum absolute atomic E-state index is 4.87. The van der Waals surface area contributed by atoms with Crippen molar-refractivity contribution in [2.75, 3.05) is 0 Å². The molecule has 0 aliphatic heterocycles. The van der Waals surface area contributed by atoms with Gasteiger partial charge in [0.2, 0.25) is 0 Å². The van der Waals surface area contributed by atoms with Gasteiger partial charge in [-0.2, -0.15) is 0 Å². The predicted molar refractivity (Wildman–Crippen MR) is 94.9 cm³/mol. The number of nitrogens with one attached hydrogen (secondary N) is 1. The highest BCUT2D eigenvalue weighted by Gasteiger charge is 2.08.